The van der Waals surface area contributed by atoms with Gasteiger partial charge in [-0.2, -0.15) is 0 Å². The van der Waals surface area contributed by atoms with Gasteiger partial charge in [-0.25, -0.2) is 4.98 Å². The number of rotatable bonds is 2. The first-order chi connectivity index (χ1) is 8.40. The smallest absolute Gasteiger partial charge is 0.137 e. The Hall–Kier alpha value is -2.03. The van der Waals surface area contributed by atoms with Crippen molar-refractivity contribution in [2.45, 2.75) is 18.8 Å². The molecule has 84 valence electrons. The summed E-state index contributed by atoms with van der Waals surface area (Å²) in [4.78, 5) is 4.68. The molecule has 3 aromatic heterocycles. The van der Waals surface area contributed by atoms with Crippen LogP contribution in [0, 0.1) is 0 Å². The van der Waals surface area contributed by atoms with Crippen molar-refractivity contribution in [3.63, 3.8) is 0 Å². The summed E-state index contributed by atoms with van der Waals surface area (Å²) in [5, 5.41) is 0. The zero-order chi connectivity index (χ0) is 11.2. The van der Waals surface area contributed by atoms with Gasteiger partial charge < -0.3 is 8.82 Å². The summed E-state index contributed by atoms with van der Waals surface area (Å²) in [7, 11) is 0. The highest BCUT2D eigenvalue weighted by Gasteiger charge is 2.26. The van der Waals surface area contributed by atoms with E-state index in [0.29, 0.717) is 5.92 Å². The molecule has 0 aromatic carbocycles. The van der Waals surface area contributed by atoms with Crippen LogP contribution in [0.4, 0.5) is 0 Å². The van der Waals surface area contributed by atoms with Crippen LogP contribution in [0.3, 0.4) is 0 Å². The molecule has 1 saturated carbocycles. The molecule has 3 heteroatoms. The third kappa shape index (κ3) is 1.46. The van der Waals surface area contributed by atoms with Crippen LogP contribution in [0.1, 0.15) is 24.5 Å². The monoisotopic (exact) mass is 224 g/mol. The highest BCUT2D eigenvalue weighted by atomic mass is 16.3. The van der Waals surface area contributed by atoms with Gasteiger partial charge in [-0.1, -0.05) is 0 Å². The summed E-state index contributed by atoms with van der Waals surface area (Å²) in [6.45, 7) is 0. The van der Waals surface area contributed by atoms with E-state index in [1.165, 1.54) is 18.5 Å². The molecule has 0 unspecified atom stereocenters. The number of hydrogen-bond donors (Lipinski definition) is 0. The van der Waals surface area contributed by atoms with Gasteiger partial charge in [-0.05, 0) is 36.6 Å². The third-order valence-corrected chi connectivity index (χ3v) is 3.33. The molecule has 0 radical (unpaired) electrons. The molecule has 0 saturated heterocycles. The van der Waals surface area contributed by atoms with E-state index in [1.54, 1.807) is 12.5 Å². The molecule has 0 bridgehead atoms. The maximum absolute atomic E-state index is 5.11. The molecule has 1 aliphatic carbocycles. The van der Waals surface area contributed by atoms with Gasteiger partial charge in [-0.3, -0.25) is 0 Å². The van der Waals surface area contributed by atoms with Crippen LogP contribution in [0.2, 0.25) is 0 Å². The SMILES string of the molecule is c1cc(-c2ccn3cc(C4CC4)nc3c2)co1. The van der Waals surface area contributed by atoms with E-state index in [-0.39, 0.29) is 0 Å². The minimum atomic E-state index is 0.701. The first kappa shape index (κ1) is 9.05. The van der Waals surface area contributed by atoms with Gasteiger partial charge >= 0.3 is 0 Å². The fraction of sp³-hybridized carbons (Fsp3) is 0.214. The lowest BCUT2D eigenvalue weighted by Crippen LogP contribution is -1.82. The third-order valence-electron chi connectivity index (χ3n) is 3.33. The summed E-state index contributed by atoms with van der Waals surface area (Å²) in [6.07, 6.45) is 10.2. The molecule has 3 nitrogen and oxygen atoms in total. The number of imidazole rings is 1. The van der Waals surface area contributed by atoms with Crippen LogP contribution >= 0.6 is 0 Å². The first-order valence-electron chi connectivity index (χ1n) is 5.91. The van der Waals surface area contributed by atoms with E-state index in [2.05, 4.69) is 33.9 Å². The lowest BCUT2D eigenvalue weighted by atomic mass is 10.1. The Labute approximate surface area is 98.7 Å². The molecule has 17 heavy (non-hydrogen) atoms. The Bertz CT molecular complexity index is 663. The van der Waals surface area contributed by atoms with E-state index in [9.17, 15) is 0 Å². The van der Waals surface area contributed by atoms with Crippen molar-refractivity contribution in [2.75, 3.05) is 0 Å². The number of furan rings is 1. The van der Waals surface area contributed by atoms with Crippen molar-refractivity contribution >= 4 is 5.65 Å². The maximum atomic E-state index is 5.11. The Morgan fingerprint density at radius 2 is 2.18 bits per heavy atom. The predicted octanol–water partition coefficient (Wildman–Crippen LogP) is 3.47. The summed E-state index contributed by atoms with van der Waals surface area (Å²) < 4.78 is 7.20. The second-order valence-corrected chi connectivity index (χ2v) is 4.63. The maximum Gasteiger partial charge on any atom is 0.137 e. The van der Waals surface area contributed by atoms with E-state index in [0.717, 1.165) is 16.8 Å². The number of fused-ring (bicyclic) bond motifs is 1. The van der Waals surface area contributed by atoms with E-state index in [4.69, 9.17) is 4.42 Å². The highest BCUT2D eigenvalue weighted by molar-refractivity contribution is 5.66. The van der Waals surface area contributed by atoms with Crippen LogP contribution in [-0.2, 0) is 0 Å². The standard InChI is InChI=1S/C14H12N2O/c1-2-10(1)13-8-16-5-3-11(7-14(16)15-13)12-4-6-17-9-12/h3-10H,1-2H2. The van der Waals surface area contributed by atoms with Crippen molar-refractivity contribution in [1.29, 1.82) is 0 Å². The number of aromatic nitrogens is 2. The lowest BCUT2D eigenvalue weighted by Gasteiger charge is -1.97. The number of nitrogens with zero attached hydrogens (tertiary/aromatic N) is 2. The molecule has 1 fully saturated rings. The van der Waals surface area contributed by atoms with E-state index >= 15 is 0 Å². The topological polar surface area (TPSA) is 30.4 Å². The second kappa shape index (κ2) is 3.23. The second-order valence-electron chi connectivity index (χ2n) is 4.63. The molecule has 0 amide bonds. The average Bonchev–Trinajstić information content (AvgIpc) is 2.92. The summed E-state index contributed by atoms with van der Waals surface area (Å²) in [6, 6.07) is 6.17. The minimum absolute atomic E-state index is 0.701. The summed E-state index contributed by atoms with van der Waals surface area (Å²) in [5.74, 6) is 0.701. The fourth-order valence-corrected chi connectivity index (χ4v) is 2.19. The van der Waals surface area contributed by atoms with Gasteiger partial charge in [0.1, 0.15) is 5.65 Å². The van der Waals surface area contributed by atoms with Gasteiger partial charge in [0.25, 0.3) is 0 Å². The van der Waals surface area contributed by atoms with Crippen LogP contribution in [-0.4, -0.2) is 9.38 Å². The minimum Gasteiger partial charge on any atom is -0.472 e. The summed E-state index contributed by atoms with van der Waals surface area (Å²) in [5.41, 5.74) is 4.50. The van der Waals surface area contributed by atoms with Crippen LogP contribution in [0.15, 0.2) is 47.5 Å². The zero-order valence-corrected chi connectivity index (χ0v) is 9.34. The highest BCUT2D eigenvalue weighted by Crippen LogP contribution is 2.39. The van der Waals surface area contributed by atoms with Crippen LogP contribution < -0.4 is 0 Å². The first-order valence-corrected chi connectivity index (χ1v) is 5.91. The van der Waals surface area contributed by atoms with E-state index in [1.807, 2.05) is 6.07 Å². The summed E-state index contributed by atoms with van der Waals surface area (Å²) >= 11 is 0. The van der Waals surface area contributed by atoms with Gasteiger partial charge in [0.15, 0.2) is 0 Å². The Balaban J connectivity index is 1.85. The Kier molecular flexibility index (Phi) is 1.72. The normalized spacial score (nSPS) is 15.5. The lowest BCUT2D eigenvalue weighted by molar-refractivity contribution is 0.568. The Morgan fingerprint density at radius 3 is 2.94 bits per heavy atom. The van der Waals surface area contributed by atoms with Gasteiger partial charge in [-0.15, -0.1) is 0 Å². The number of hydrogen-bond acceptors (Lipinski definition) is 2. The van der Waals surface area contributed by atoms with Crippen molar-refractivity contribution in [1.82, 2.24) is 9.38 Å². The molecule has 0 N–H and O–H groups in total. The fourth-order valence-electron chi connectivity index (χ4n) is 2.19. The molecule has 0 atom stereocenters. The quantitative estimate of drug-likeness (QED) is 0.667. The van der Waals surface area contributed by atoms with Crippen LogP contribution in [0.5, 0.6) is 0 Å². The van der Waals surface area contributed by atoms with Crippen molar-refractivity contribution in [2.24, 2.45) is 0 Å². The molecule has 0 spiro atoms. The van der Waals surface area contributed by atoms with Crippen molar-refractivity contribution < 1.29 is 4.42 Å². The molecular formula is C14H12N2O. The predicted molar refractivity (Wildman–Crippen MR) is 64.9 cm³/mol. The van der Waals surface area contributed by atoms with Gasteiger partial charge in [0, 0.05) is 23.9 Å². The van der Waals surface area contributed by atoms with E-state index < -0.39 is 0 Å². The molecule has 3 aromatic rings. The van der Waals surface area contributed by atoms with Gasteiger partial charge in [0.2, 0.25) is 0 Å². The molecular weight excluding hydrogens is 212 g/mol. The number of pyridine rings is 1. The van der Waals surface area contributed by atoms with Crippen molar-refractivity contribution in [3.05, 3.63) is 48.8 Å². The molecule has 0 aliphatic heterocycles. The largest absolute Gasteiger partial charge is 0.472 e. The Morgan fingerprint density at radius 1 is 1.24 bits per heavy atom. The van der Waals surface area contributed by atoms with Crippen LogP contribution in [0.25, 0.3) is 16.8 Å². The molecule has 4 rings (SSSR count). The zero-order valence-electron chi connectivity index (χ0n) is 9.34. The molecule has 1 aliphatic rings. The average molecular weight is 224 g/mol. The van der Waals surface area contributed by atoms with Crippen molar-refractivity contribution in [3.8, 4) is 11.1 Å². The van der Waals surface area contributed by atoms with Gasteiger partial charge in [0.05, 0.1) is 18.2 Å². The molecule has 3 heterocycles.